The number of benzene rings is 1. The lowest BCUT2D eigenvalue weighted by molar-refractivity contribution is 0.425. The first-order valence-corrected chi connectivity index (χ1v) is 6.50. The van der Waals surface area contributed by atoms with E-state index >= 15 is 0 Å². The number of nitrogens with zero attached hydrogens (tertiary/aromatic N) is 2. The van der Waals surface area contributed by atoms with Crippen molar-refractivity contribution in [1.29, 1.82) is 0 Å². The highest BCUT2D eigenvalue weighted by atomic mass is 15.1. The third-order valence-corrected chi connectivity index (χ3v) is 3.26. The van der Waals surface area contributed by atoms with Crippen molar-refractivity contribution in [3.05, 3.63) is 36.5 Å². The van der Waals surface area contributed by atoms with Crippen molar-refractivity contribution in [2.75, 3.05) is 32.5 Å². The minimum atomic E-state index is 0.888. The van der Waals surface area contributed by atoms with Gasteiger partial charge in [-0.15, -0.1) is 0 Å². The highest BCUT2D eigenvalue weighted by Crippen LogP contribution is 2.27. The van der Waals surface area contributed by atoms with Gasteiger partial charge in [-0.1, -0.05) is 18.2 Å². The van der Waals surface area contributed by atoms with Gasteiger partial charge < -0.3 is 15.2 Å². The van der Waals surface area contributed by atoms with Crippen LogP contribution < -0.4 is 5.32 Å². The Kier molecular flexibility index (Phi) is 3.09. The lowest BCUT2D eigenvalue weighted by Gasteiger charge is -2.12. The van der Waals surface area contributed by atoms with E-state index in [0.29, 0.717) is 0 Å². The van der Waals surface area contributed by atoms with Gasteiger partial charge in [-0.2, -0.15) is 0 Å². The number of hydrogen-bond acceptors (Lipinski definition) is 3. The fourth-order valence-corrected chi connectivity index (χ4v) is 2.29. The maximum atomic E-state index is 4.72. The Morgan fingerprint density at radius 1 is 1.16 bits per heavy atom. The molecule has 19 heavy (non-hydrogen) atoms. The molecule has 0 spiro atoms. The minimum absolute atomic E-state index is 0.888. The molecule has 0 bridgehead atoms. The first kappa shape index (κ1) is 12.0. The quantitative estimate of drug-likeness (QED) is 0.752. The van der Waals surface area contributed by atoms with Gasteiger partial charge >= 0.3 is 0 Å². The lowest BCUT2D eigenvalue weighted by atomic mass is 10.1. The standard InChI is InChI=1S/C15H18N4/c1-19(2)10-9-17-15-12-7-8-16-14(12)11-5-3-4-6-13(11)18-15/h3-8,16H,9-10H2,1-2H3,(H,17,18). The monoisotopic (exact) mass is 254 g/mol. The van der Waals surface area contributed by atoms with E-state index < -0.39 is 0 Å². The van der Waals surface area contributed by atoms with Gasteiger partial charge in [0.1, 0.15) is 5.82 Å². The number of pyridine rings is 1. The molecule has 0 aliphatic rings. The molecule has 0 radical (unpaired) electrons. The van der Waals surface area contributed by atoms with Gasteiger partial charge in [0.25, 0.3) is 0 Å². The summed E-state index contributed by atoms with van der Waals surface area (Å²) in [6.45, 7) is 1.87. The fraction of sp³-hybridized carbons (Fsp3) is 0.267. The van der Waals surface area contributed by atoms with Crippen LogP contribution >= 0.6 is 0 Å². The van der Waals surface area contributed by atoms with E-state index in [9.17, 15) is 0 Å². The number of H-pyrrole nitrogens is 1. The zero-order valence-corrected chi connectivity index (χ0v) is 11.3. The highest BCUT2D eigenvalue weighted by molar-refractivity contribution is 6.08. The number of nitrogens with one attached hydrogen (secondary N) is 2. The smallest absolute Gasteiger partial charge is 0.136 e. The van der Waals surface area contributed by atoms with Crippen LogP contribution in [0.2, 0.25) is 0 Å². The van der Waals surface area contributed by atoms with Crippen molar-refractivity contribution in [2.24, 2.45) is 0 Å². The second-order valence-corrected chi connectivity index (χ2v) is 4.97. The molecule has 3 rings (SSSR count). The zero-order valence-electron chi connectivity index (χ0n) is 11.3. The summed E-state index contributed by atoms with van der Waals surface area (Å²) in [5.74, 6) is 0.955. The van der Waals surface area contributed by atoms with Crippen LogP contribution in [0, 0.1) is 0 Å². The van der Waals surface area contributed by atoms with Gasteiger partial charge in [0.15, 0.2) is 0 Å². The molecule has 0 aliphatic heterocycles. The van der Waals surface area contributed by atoms with E-state index in [2.05, 4.69) is 41.4 Å². The maximum absolute atomic E-state index is 4.72. The van der Waals surface area contributed by atoms with E-state index in [4.69, 9.17) is 4.98 Å². The van der Waals surface area contributed by atoms with Crippen LogP contribution in [0.15, 0.2) is 36.5 Å². The number of aromatic nitrogens is 2. The fourth-order valence-electron chi connectivity index (χ4n) is 2.29. The Balaban J connectivity index is 2.04. The molecule has 0 saturated carbocycles. The molecule has 2 heterocycles. The van der Waals surface area contributed by atoms with Gasteiger partial charge in [-0.3, -0.25) is 0 Å². The van der Waals surface area contributed by atoms with Crippen molar-refractivity contribution in [3.63, 3.8) is 0 Å². The summed E-state index contributed by atoms with van der Waals surface area (Å²) < 4.78 is 0. The van der Waals surface area contributed by atoms with Gasteiger partial charge in [0.2, 0.25) is 0 Å². The Labute approximate surface area is 112 Å². The SMILES string of the molecule is CN(C)CCNc1nc2ccccc2c2[nH]ccc12. The van der Waals surface area contributed by atoms with Crippen molar-refractivity contribution < 1.29 is 0 Å². The number of aromatic amines is 1. The number of likely N-dealkylation sites (N-methyl/N-ethyl adjacent to an activating group) is 1. The average Bonchev–Trinajstić information content (AvgIpc) is 2.88. The van der Waals surface area contributed by atoms with Crippen LogP contribution in [0.3, 0.4) is 0 Å². The molecule has 98 valence electrons. The highest BCUT2D eigenvalue weighted by Gasteiger charge is 2.08. The topological polar surface area (TPSA) is 44.0 Å². The number of anilines is 1. The summed E-state index contributed by atoms with van der Waals surface area (Å²) >= 11 is 0. The van der Waals surface area contributed by atoms with Crippen LogP contribution in [-0.4, -0.2) is 42.1 Å². The van der Waals surface area contributed by atoms with E-state index in [1.54, 1.807) is 0 Å². The molecule has 0 saturated heterocycles. The Hall–Kier alpha value is -2.07. The molecule has 0 aliphatic carbocycles. The second kappa shape index (κ2) is 4.90. The Bertz CT molecular complexity index is 700. The van der Waals surface area contributed by atoms with Crippen molar-refractivity contribution in [3.8, 4) is 0 Å². The van der Waals surface area contributed by atoms with Crippen LogP contribution in [0.25, 0.3) is 21.8 Å². The second-order valence-electron chi connectivity index (χ2n) is 4.97. The molecule has 4 heteroatoms. The lowest BCUT2D eigenvalue weighted by Crippen LogP contribution is -2.21. The van der Waals surface area contributed by atoms with E-state index in [0.717, 1.165) is 35.3 Å². The molecule has 0 fully saturated rings. The normalized spacial score (nSPS) is 11.5. The number of fused-ring (bicyclic) bond motifs is 3. The first-order valence-electron chi connectivity index (χ1n) is 6.50. The average molecular weight is 254 g/mol. The molecule has 2 N–H and O–H groups in total. The minimum Gasteiger partial charge on any atom is -0.368 e. The summed E-state index contributed by atoms with van der Waals surface area (Å²) in [6, 6.07) is 10.3. The summed E-state index contributed by atoms with van der Waals surface area (Å²) in [4.78, 5) is 10.2. The number of rotatable bonds is 4. The summed E-state index contributed by atoms with van der Waals surface area (Å²) in [5.41, 5.74) is 2.17. The molecule has 0 unspecified atom stereocenters. The third kappa shape index (κ3) is 2.27. The van der Waals surface area contributed by atoms with Crippen LogP contribution in [0.5, 0.6) is 0 Å². The van der Waals surface area contributed by atoms with Gasteiger partial charge in [0, 0.05) is 30.1 Å². The maximum Gasteiger partial charge on any atom is 0.136 e. The van der Waals surface area contributed by atoms with Gasteiger partial charge in [0.05, 0.1) is 11.0 Å². The van der Waals surface area contributed by atoms with Gasteiger partial charge in [-0.25, -0.2) is 4.98 Å². The molecular weight excluding hydrogens is 236 g/mol. The molecule has 3 aromatic rings. The summed E-state index contributed by atoms with van der Waals surface area (Å²) in [6.07, 6.45) is 1.97. The molecular formula is C15H18N4. The summed E-state index contributed by atoms with van der Waals surface area (Å²) in [5, 5.41) is 5.74. The van der Waals surface area contributed by atoms with Crippen molar-refractivity contribution in [1.82, 2.24) is 14.9 Å². The molecule has 0 atom stereocenters. The molecule has 0 amide bonds. The largest absolute Gasteiger partial charge is 0.368 e. The van der Waals surface area contributed by atoms with Gasteiger partial charge in [-0.05, 0) is 26.2 Å². The van der Waals surface area contributed by atoms with E-state index in [1.165, 1.54) is 5.39 Å². The van der Waals surface area contributed by atoms with E-state index in [1.807, 2.05) is 24.4 Å². The van der Waals surface area contributed by atoms with Crippen LogP contribution in [0.4, 0.5) is 5.82 Å². The van der Waals surface area contributed by atoms with E-state index in [-0.39, 0.29) is 0 Å². The predicted octanol–water partition coefficient (Wildman–Crippen LogP) is 2.69. The van der Waals surface area contributed by atoms with Crippen LogP contribution in [0.1, 0.15) is 0 Å². The first-order chi connectivity index (χ1) is 9.25. The van der Waals surface area contributed by atoms with Crippen molar-refractivity contribution in [2.45, 2.75) is 0 Å². The Morgan fingerprint density at radius 3 is 2.84 bits per heavy atom. The van der Waals surface area contributed by atoms with Crippen molar-refractivity contribution >= 4 is 27.6 Å². The molecule has 4 nitrogen and oxygen atoms in total. The zero-order chi connectivity index (χ0) is 13.2. The Morgan fingerprint density at radius 2 is 2.00 bits per heavy atom. The predicted molar refractivity (Wildman–Crippen MR) is 80.6 cm³/mol. The number of hydrogen-bond donors (Lipinski definition) is 2. The van der Waals surface area contributed by atoms with Crippen LogP contribution in [-0.2, 0) is 0 Å². The molecule has 2 aromatic heterocycles. The third-order valence-electron chi connectivity index (χ3n) is 3.26. The number of para-hydroxylation sites is 1. The molecule has 1 aromatic carbocycles. The summed E-state index contributed by atoms with van der Waals surface area (Å²) in [7, 11) is 4.14.